The van der Waals surface area contributed by atoms with Crippen molar-refractivity contribution in [3.8, 4) is 39.5 Å². The zero-order valence-corrected chi connectivity index (χ0v) is 16.9. The Morgan fingerprint density at radius 3 is 2.13 bits per heavy atom. The van der Waals surface area contributed by atoms with E-state index in [4.69, 9.17) is 4.98 Å². The van der Waals surface area contributed by atoms with E-state index >= 15 is 0 Å². The summed E-state index contributed by atoms with van der Waals surface area (Å²) in [5.74, 6) is 0.218. The predicted molar refractivity (Wildman–Crippen MR) is 116 cm³/mol. The van der Waals surface area contributed by atoms with Gasteiger partial charge in [-0.25, -0.2) is 0 Å². The van der Waals surface area contributed by atoms with Gasteiger partial charge in [-0.05, 0) is 29.0 Å². The van der Waals surface area contributed by atoms with E-state index < -0.39 is 0 Å². The maximum absolute atomic E-state index is 10.1. The summed E-state index contributed by atoms with van der Waals surface area (Å²) in [6.07, 6.45) is 1.89. The number of rotatable bonds is 3. The van der Waals surface area contributed by atoms with Crippen LogP contribution in [-0.4, -0.2) is 15.1 Å². The van der Waals surface area contributed by atoms with Crippen LogP contribution in [-0.2, 0) is 16.5 Å². The summed E-state index contributed by atoms with van der Waals surface area (Å²) in [6, 6.07) is 32.7. The number of pyridine rings is 2. The average Bonchev–Trinajstić information content (AvgIpc) is 2.79. The normalized spacial score (nSPS) is 10.5. The summed E-state index contributed by atoms with van der Waals surface area (Å²) in [5.41, 5.74) is 4.92. The number of benzene rings is 3. The van der Waals surface area contributed by atoms with Crippen LogP contribution in [0.1, 0.15) is 0 Å². The van der Waals surface area contributed by atoms with Crippen molar-refractivity contribution in [2.24, 2.45) is 0 Å². The minimum Gasteiger partial charge on any atom is -0.507 e. The standard InChI is InChI=1S/C26H17N2O.Ni/c29-26-14-4-3-11-22(26)24-13-6-12-23(28-24)19-9-5-10-20(15-19)25-16-18-7-1-2-8-21(18)17-27-25;/h1-14,16-17,29H;/q-1;. The smallest absolute Gasteiger partial charge is 0.124 e. The Labute approximate surface area is 185 Å². The maximum Gasteiger partial charge on any atom is 0.124 e. The van der Waals surface area contributed by atoms with E-state index in [0.717, 1.165) is 39.0 Å². The third-order valence-corrected chi connectivity index (χ3v) is 4.91. The minimum absolute atomic E-state index is 0. The molecule has 1 N–H and O–H groups in total. The van der Waals surface area contributed by atoms with E-state index in [-0.39, 0.29) is 22.2 Å². The van der Waals surface area contributed by atoms with Gasteiger partial charge in [0.05, 0.1) is 5.69 Å². The number of aromatic nitrogens is 2. The Morgan fingerprint density at radius 2 is 1.30 bits per heavy atom. The van der Waals surface area contributed by atoms with E-state index in [1.807, 2.05) is 66.9 Å². The number of hydrogen-bond donors (Lipinski definition) is 1. The SMILES string of the molecule is Oc1ccccc1-c1cccc(-c2[c-]c(-c3cc4ccccc4cn3)ccc2)n1.[Ni]. The number of fused-ring (bicyclic) bond motifs is 1. The average molecular weight is 432 g/mol. The Morgan fingerprint density at radius 1 is 0.633 bits per heavy atom. The number of nitrogens with zero attached hydrogens (tertiary/aromatic N) is 2. The van der Waals surface area contributed by atoms with Gasteiger partial charge in [-0.15, -0.1) is 24.3 Å². The molecule has 0 aliphatic rings. The fraction of sp³-hybridized carbons (Fsp3) is 0. The molecule has 0 spiro atoms. The predicted octanol–water partition coefficient (Wildman–Crippen LogP) is 6.13. The molecule has 0 bridgehead atoms. The Bertz CT molecular complexity index is 1330. The van der Waals surface area contributed by atoms with Crippen LogP contribution in [0, 0.1) is 6.07 Å². The summed E-state index contributed by atoms with van der Waals surface area (Å²) in [5, 5.41) is 12.4. The largest absolute Gasteiger partial charge is 0.507 e. The van der Waals surface area contributed by atoms with Crippen LogP contribution in [0.3, 0.4) is 0 Å². The molecule has 0 unspecified atom stereocenters. The second-order valence-electron chi connectivity index (χ2n) is 6.82. The van der Waals surface area contributed by atoms with Crippen molar-refractivity contribution in [1.82, 2.24) is 9.97 Å². The molecule has 5 aromatic rings. The van der Waals surface area contributed by atoms with Crippen LogP contribution in [0.2, 0.25) is 0 Å². The zero-order chi connectivity index (χ0) is 19.6. The Kier molecular flexibility index (Phi) is 5.60. The Balaban J connectivity index is 0.00000218. The Hall–Kier alpha value is -3.49. The van der Waals surface area contributed by atoms with Crippen LogP contribution in [0.4, 0.5) is 0 Å². The van der Waals surface area contributed by atoms with Gasteiger partial charge in [-0.3, -0.25) is 9.97 Å². The van der Waals surface area contributed by atoms with Crippen molar-refractivity contribution in [1.29, 1.82) is 0 Å². The van der Waals surface area contributed by atoms with Crippen molar-refractivity contribution < 1.29 is 21.6 Å². The molecule has 0 fully saturated rings. The summed E-state index contributed by atoms with van der Waals surface area (Å²) in [6.45, 7) is 0. The monoisotopic (exact) mass is 431 g/mol. The quantitative estimate of drug-likeness (QED) is 0.276. The van der Waals surface area contributed by atoms with Gasteiger partial charge < -0.3 is 5.11 Å². The van der Waals surface area contributed by atoms with Crippen LogP contribution < -0.4 is 0 Å². The molecule has 2 heterocycles. The molecule has 148 valence electrons. The van der Waals surface area contributed by atoms with Gasteiger partial charge in [-0.2, -0.15) is 0 Å². The van der Waals surface area contributed by atoms with Gasteiger partial charge in [0.1, 0.15) is 5.75 Å². The van der Waals surface area contributed by atoms with Crippen LogP contribution in [0.15, 0.2) is 97.2 Å². The number of para-hydroxylation sites is 1. The molecule has 0 aliphatic heterocycles. The first kappa shape index (κ1) is 19.8. The molecule has 3 nitrogen and oxygen atoms in total. The van der Waals surface area contributed by atoms with Crippen molar-refractivity contribution in [3.63, 3.8) is 0 Å². The zero-order valence-electron chi connectivity index (χ0n) is 15.9. The summed E-state index contributed by atoms with van der Waals surface area (Å²) in [4.78, 5) is 9.35. The third-order valence-electron chi connectivity index (χ3n) is 4.91. The summed E-state index contributed by atoms with van der Waals surface area (Å²) >= 11 is 0. The topological polar surface area (TPSA) is 46.0 Å². The van der Waals surface area contributed by atoms with E-state index in [0.29, 0.717) is 5.56 Å². The first-order valence-corrected chi connectivity index (χ1v) is 9.41. The molecule has 2 aromatic heterocycles. The van der Waals surface area contributed by atoms with Crippen molar-refractivity contribution in [2.45, 2.75) is 0 Å². The molecular weight excluding hydrogens is 415 g/mol. The number of phenolic OH excluding ortho intramolecular Hbond substituents is 1. The van der Waals surface area contributed by atoms with Crippen LogP contribution in [0.25, 0.3) is 44.5 Å². The maximum atomic E-state index is 10.1. The molecule has 5 rings (SSSR count). The number of aromatic hydroxyl groups is 1. The summed E-state index contributed by atoms with van der Waals surface area (Å²) in [7, 11) is 0. The van der Waals surface area contributed by atoms with Crippen LogP contribution >= 0.6 is 0 Å². The molecule has 4 heteroatoms. The summed E-state index contributed by atoms with van der Waals surface area (Å²) < 4.78 is 0. The van der Waals surface area contributed by atoms with E-state index in [1.54, 1.807) is 12.1 Å². The first-order chi connectivity index (χ1) is 14.3. The van der Waals surface area contributed by atoms with Gasteiger partial charge in [0.2, 0.25) is 0 Å². The molecule has 0 atom stereocenters. The van der Waals surface area contributed by atoms with E-state index in [9.17, 15) is 5.11 Å². The van der Waals surface area contributed by atoms with Gasteiger partial charge in [-0.1, -0.05) is 65.7 Å². The molecule has 3 aromatic carbocycles. The number of hydrogen-bond acceptors (Lipinski definition) is 3. The molecule has 30 heavy (non-hydrogen) atoms. The molecular formula is C26H17N2NiO-. The first-order valence-electron chi connectivity index (χ1n) is 9.41. The second-order valence-corrected chi connectivity index (χ2v) is 6.82. The van der Waals surface area contributed by atoms with Gasteiger partial charge in [0.15, 0.2) is 0 Å². The van der Waals surface area contributed by atoms with Crippen molar-refractivity contribution in [2.75, 3.05) is 0 Å². The van der Waals surface area contributed by atoms with Crippen molar-refractivity contribution >= 4 is 10.8 Å². The fourth-order valence-corrected chi connectivity index (χ4v) is 3.42. The molecule has 0 saturated heterocycles. The third kappa shape index (κ3) is 3.83. The van der Waals surface area contributed by atoms with Gasteiger partial charge in [0.25, 0.3) is 0 Å². The van der Waals surface area contributed by atoms with E-state index in [1.165, 1.54) is 0 Å². The fourth-order valence-electron chi connectivity index (χ4n) is 3.42. The van der Waals surface area contributed by atoms with E-state index in [2.05, 4.69) is 29.2 Å². The van der Waals surface area contributed by atoms with Gasteiger partial charge >= 0.3 is 0 Å². The molecule has 0 radical (unpaired) electrons. The molecule has 0 aliphatic carbocycles. The van der Waals surface area contributed by atoms with Crippen molar-refractivity contribution in [3.05, 3.63) is 103 Å². The number of phenols is 1. The molecule has 0 saturated carbocycles. The van der Waals surface area contributed by atoms with Crippen LogP contribution in [0.5, 0.6) is 5.75 Å². The molecule has 0 amide bonds. The van der Waals surface area contributed by atoms with Gasteiger partial charge in [0, 0.05) is 39.6 Å². The minimum atomic E-state index is 0. The second kappa shape index (κ2) is 8.48.